The molecule has 1 amide bonds. The summed E-state index contributed by atoms with van der Waals surface area (Å²) in [5.41, 5.74) is 1.34. The van der Waals surface area contributed by atoms with Crippen molar-refractivity contribution in [2.75, 3.05) is 19.6 Å². The highest BCUT2D eigenvalue weighted by molar-refractivity contribution is 5.97. The summed E-state index contributed by atoms with van der Waals surface area (Å²) in [5.74, 6) is 0.0345. The van der Waals surface area contributed by atoms with Gasteiger partial charge in [0, 0.05) is 29.6 Å². The lowest BCUT2D eigenvalue weighted by Gasteiger charge is -2.33. The van der Waals surface area contributed by atoms with Crippen LogP contribution in [0.25, 0.3) is 0 Å². The number of ketones is 1. The van der Waals surface area contributed by atoms with Crippen molar-refractivity contribution < 1.29 is 14.0 Å². The standard InChI is InChI=1S/C24H27FN2O2/c25-22-9-5-4-8-20(22)16-27(21-10-11-21)23(28)17-26-14-12-19(13-15-26)24(29)18-6-2-1-3-7-18/h1-9,19,21H,10-17H2. The first kappa shape index (κ1) is 19.8. The average molecular weight is 394 g/mol. The number of carbonyl (C=O) groups is 2. The summed E-state index contributed by atoms with van der Waals surface area (Å²) in [6.45, 7) is 2.16. The van der Waals surface area contributed by atoms with E-state index in [1.807, 2.05) is 41.3 Å². The number of likely N-dealkylation sites (tertiary alicyclic amines) is 1. The molecule has 29 heavy (non-hydrogen) atoms. The molecule has 2 aliphatic rings. The zero-order chi connectivity index (χ0) is 20.2. The Kier molecular flexibility index (Phi) is 6.05. The van der Waals surface area contributed by atoms with Crippen LogP contribution in [0.4, 0.5) is 4.39 Å². The van der Waals surface area contributed by atoms with Crippen LogP contribution in [0.15, 0.2) is 54.6 Å². The van der Waals surface area contributed by atoms with Gasteiger partial charge in [0.05, 0.1) is 6.54 Å². The Morgan fingerprint density at radius 2 is 1.59 bits per heavy atom. The average Bonchev–Trinajstić information content (AvgIpc) is 3.59. The van der Waals surface area contributed by atoms with E-state index in [1.165, 1.54) is 6.07 Å². The number of rotatable bonds is 7. The van der Waals surface area contributed by atoms with Gasteiger partial charge in [0.25, 0.3) is 0 Å². The maximum Gasteiger partial charge on any atom is 0.237 e. The molecule has 0 N–H and O–H groups in total. The van der Waals surface area contributed by atoms with E-state index in [2.05, 4.69) is 4.90 Å². The zero-order valence-electron chi connectivity index (χ0n) is 16.6. The fourth-order valence-electron chi connectivity index (χ4n) is 4.09. The minimum atomic E-state index is -0.258. The zero-order valence-corrected chi connectivity index (χ0v) is 16.6. The third-order valence-corrected chi connectivity index (χ3v) is 5.98. The molecular weight excluding hydrogens is 367 g/mol. The van der Waals surface area contributed by atoms with Crippen molar-refractivity contribution in [3.05, 3.63) is 71.5 Å². The largest absolute Gasteiger partial charge is 0.334 e. The molecule has 1 heterocycles. The molecule has 0 atom stereocenters. The molecule has 1 saturated carbocycles. The maximum absolute atomic E-state index is 14.0. The van der Waals surface area contributed by atoms with Gasteiger partial charge >= 0.3 is 0 Å². The Bertz CT molecular complexity index is 858. The van der Waals surface area contributed by atoms with Crippen LogP contribution in [-0.2, 0) is 11.3 Å². The van der Waals surface area contributed by atoms with Crippen molar-refractivity contribution in [3.63, 3.8) is 0 Å². The number of amides is 1. The summed E-state index contributed by atoms with van der Waals surface area (Å²) < 4.78 is 14.0. The molecular formula is C24H27FN2O2. The third-order valence-electron chi connectivity index (χ3n) is 5.98. The summed E-state index contributed by atoms with van der Waals surface area (Å²) in [7, 11) is 0. The lowest BCUT2D eigenvalue weighted by Crippen LogP contribution is -2.44. The molecule has 1 saturated heterocycles. The predicted molar refractivity (Wildman–Crippen MR) is 110 cm³/mol. The second-order valence-corrected chi connectivity index (χ2v) is 8.12. The number of benzene rings is 2. The van der Waals surface area contributed by atoms with Crippen molar-refractivity contribution in [2.24, 2.45) is 5.92 Å². The second kappa shape index (κ2) is 8.87. The topological polar surface area (TPSA) is 40.6 Å². The molecule has 4 rings (SSSR count). The van der Waals surface area contributed by atoms with Gasteiger partial charge in [0.2, 0.25) is 5.91 Å². The van der Waals surface area contributed by atoms with E-state index < -0.39 is 0 Å². The van der Waals surface area contributed by atoms with Crippen molar-refractivity contribution in [1.29, 1.82) is 0 Å². The monoisotopic (exact) mass is 394 g/mol. The summed E-state index contributed by atoms with van der Waals surface area (Å²) in [6, 6.07) is 16.3. The van der Waals surface area contributed by atoms with E-state index in [1.54, 1.807) is 12.1 Å². The Labute approximate surface area is 171 Å². The van der Waals surface area contributed by atoms with Crippen LogP contribution in [0.5, 0.6) is 0 Å². The Morgan fingerprint density at radius 1 is 0.931 bits per heavy atom. The Morgan fingerprint density at radius 3 is 2.24 bits per heavy atom. The van der Waals surface area contributed by atoms with Crippen molar-refractivity contribution >= 4 is 11.7 Å². The van der Waals surface area contributed by atoms with Crippen LogP contribution in [-0.4, -0.2) is 47.2 Å². The SMILES string of the molecule is O=C(c1ccccc1)C1CCN(CC(=O)N(Cc2ccccc2F)C2CC2)CC1. The molecule has 0 spiro atoms. The van der Waals surface area contributed by atoms with Crippen molar-refractivity contribution in [2.45, 2.75) is 38.3 Å². The maximum atomic E-state index is 14.0. The molecule has 152 valence electrons. The fraction of sp³-hybridized carbons (Fsp3) is 0.417. The first-order valence-electron chi connectivity index (χ1n) is 10.5. The predicted octanol–water partition coefficient (Wildman–Crippen LogP) is 3.91. The quantitative estimate of drug-likeness (QED) is 0.669. The molecule has 1 aliphatic carbocycles. The Hall–Kier alpha value is -2.53. The van der Waals surface area contributed by atoms with Gasteiger partial charge in [-0.3, -0.25) is 14.5 Å². The molecule has 1 aliphatic heterocycles. The van der Waals surface area contributed by atoms with Crippen LogP contribution in [0, 0.1) is 11.7 Å². The number of hydrogen-bond donors (Lipinski definition) is 0. The van der Waals surface area contributed by atoms with Gasteiger partial charge in [-0.25, -0.2) is 4.39 Å². The van der Waals surface area contributed by atoms with Gasteiger partial charge in [0.1, 0.15) is 5.82 Å². The summed E-state index contributed by atoms with van der Waals surface area (Å²) in [5, 5.41) is 0. The molecule has 2 aromatic carbocycles. The van der Waals surface area contributed by atoms with Gasteiger partial charge in [-0.05, 0) is 44.8 Å². The molecule has 0 unspecified atom stereocenters. The van der Waals surface area contributed by atoms with E-state index in [0.29, 0.717) is 18.7 Å². The molecule has 0 aromatic heterocycles. The van der Waals surface area contributed by atoms with Gasteiger partial charge in [-0.1, -0.05) is 48.5 Å². The first-order valence-corrected chi connectivity index (χ1v) is 10.5. The molecule has 5 heteroatoms. The lowest BCUT2D eigenvalue weighted by atomic mass is 9.89. The summed E-state index contributed by atoms with van der Waals surface area (Å²) >= 11 is 0. The highest BCUT2D eigenvalue weighted by Gasteiger charge is 2.34. The van der Waals surface area contributed by atoms with Crippen molar-refractivity contribution in [3.8, 4) is 0 Å². The van der Waals surface area contributed by atoms with Gasteiger partial charge < -0.3 is 4.90 Å². The number of carbonyl (C=O) groups excluding carboxylic acids is 2. The number of hydrogen-bond acceptors (Lipinski definition) is 3. The summed E-state index contributed by atoms with van der Waals surface area (Å²) in [4.78, 5) is 29.5. The third kappa shape index (κ3) is 4.91. The van der Waals surface area contributed by atoms with E-state index >= 15 is 0 Å². The summed E-state index contributed by atoms with van der Waals surface area (Å²) in [6.07, 6.45) is 3.54. The number of piperidine rings is 1. The second-order valence-electron chi connectivity index (χ2n) is 8.12. The highest BCUT2D eigenvalue weighted by Crippen LogP contribution is 2.29. The normalized spacial score (nSPS) is 17.8. The smallest absolute Gasteiger partial charge is 0.237 e. The van der Waals surface area contributed by atoms with Crippen LogP contribution in [0.1, 0.15) is 41.6 Å². The number of nitrogens with zero attached hydrogens (tertiary/aromatic N) is 2. The minimum Gasteiger partial charge on any atom is -0.334 e. The van der Waals surface area contributed by atoms with Crippen LogP contribution in [0.3, 0.4) is 0 Å². The fourth-order valence-corrected chi connectivity index (χ4v) is 4.09. The molecule has 2 aromatic rings. The van der Waals surface area contributed by atoms with Gasteiger partial charge in [-0.15, -0.1) is 0 Å². The van der Waals surface area contributed by atoms with Crippen LogP contribution < -0.4 is 0 Å². The van der Waals surface area contributed by atoms with Crippen LogP contribution in [0.2, 0.25) is 0 Å². The molecule has 4 nitrogen and oxygen atoms in total. The van der Waals surface area contributed by atoms with Gasteiger partial charge in [0.15, 0.2) is 5.78 Å². The molecule has 2 fully saturated rings. The van der Waals surface area contributed by atoms with Crippen molar-refractivity contribution in [1.82, 2.24) is 9.80 Å². The van der Waals surface area contributed by atoms with Gasteiger partial charge in [-0.2, -0.15) is 0 Å². The number of Topliss-reactive ketones (excluding diaryl/α,β-unsaturated/α-hetero) is 1. The lowest BCUT2D eigenvalue weighted by molar-refractivity contribution is -0.134. The Balaban J connectivity index is 1.32. The molecule has 0 radical (unpaired) electrons. The van der Waals surface area contributed by atoms with E-state index in [9.17, 15) is 14.0 Å². The highest BCUT2D eigenvalue weighted by atomic mass is 19.1. The van der Waals surface area contributed by atoms with E-state index in [-0.39, 0.29) is 29.5 Å². The molecule has 0 bridgehead atoms. The first-order chi connectivity index (χ1) is 14.1. The minimum absolute atomic E-state index is 0.0294. The van der Waals surface area contributed by atoms with Crippen LogP contribution >= 0.6 is 0 Å². The van der Waals surface area contributed by atoms with E-state index in [0.717, 1.165) is 44.3 Å². The van der Waals surface area contributed by atoms with E-state index in [4.69, 9.17) is 0 Å². The number of halogens is 1.